The molecule has 0 amide bonds. The van der Waals surface area contributed by atoms with Crippen molar-refractivity contribution in [3.63, 3.8) is 0 Å². The van der Waals surface area contributed by atoms with Crippen LogP contribution in [0.2, 0.25) is 0 Å². The van der Waals surface area contributed by atoms with Gasteiger partial charge in [-0.25, -0.2) is 4.98 Å². The van der Waals surface area contributed by atoms with Gasteiger partial charge in [0.05, 0.1) is 5.69 Å². The van der Waals surface area contributed by atoms with Gasteiger partial charge in [-0.2, -0.15) is 0 Å². The molecule has 0 bridgehead atoms. The maximum Gasteiger partial charge on any atom is 0.123 e. The number of rotatable bonds is 3. The third kappa shape index (κ3) is 2.26. The minimum Gasteiger partial charge on any atom is -0.241 e. The molecule has 0 unspecified atom stereocenters. The van der Waals surface area contributed by atoms with Gasteiger partial charge in [0.1, 0.15) is 5.01 Å². The zero-order valence-electron chi connectivity index (χ0n) is 9.16. The van der Waals surface area contributed by atoms with Crippen LogP contribution in [0.5, 0.6) is 0 Å². The van der Waals surface area contributed by atoms with Crippen molar-refractivity contribution in [3.05, 3.63) is 40.9 Å². The summed E-state index contributed by atoms with van der Waals surface area (Å²) in [6.07, 6.45) is 2.34. The second-order valence-corrected chi connectivity index (χ2v) is 4.73. The average Bonchev–Trinajstić information content (AvgIpc) is 2.63. The van der Waals surface area contributed by atoms with E-state index in [0.717, 1.165) is 11.4 Å². The fourth-order valence-corrected chi connectivity index (χ4v) is 2.76. The van der Waals surface area contributed by atoms with E-state index in [2.05, 4.69) is 43.1 Å². The van der Waals surface area contributed by atoms with Crippen molar-refractivity contribution in [2.24, 2.45) is 0 Å². The van der Waals surface area contributed by atoms with Crippen LogP contribution in [-0.2, 0) is 6.42 Å². The van der Waals surface area contributed by atoms with Gasteiger partial charge in [-0.15, -0.1) is 11.3 Å². The van der Waals surface area contributed by atoms with E-state index in [-0.39, 0.29) is 0 Å². The Morgan fingerprint density at radius 3 is 2.60 bits per heavy atom. The SMILES string of the molecule is CCCc1sc(-c2ccccc2)nc1C. The molecular formula is C13H15NS. The molecule has 2 rings (SSSR count). The zero-order valence-corrected chi connectivity index (χ0v) is 9.97. The van der Waals surface area contributed by atoms with Gasteiger partial charge in [-0.1, -0.05) is 43.7 Å². The first-order chi connectivity index (χ1) is 7.31. The van der Waals surface area contributed by atoms with Gasteiger partial charge >= 0.3 is 0 Å². The highest BCUT2D eigenvalue weighted by Gasteiger charge is 2.07. The molecule has 15 heavy (non-hydrogen) atoms. The molecular weight excluding hydrogens is 202 g/mol. The summed E-state index contributed by atoms with van der Waals surface area (Å²) in [4.78, 5) is 6.05. The molecule has 0 spiro atoms. The molecule has 1 aromatic carbocycles. The molecule has 2 heteroatoms. The predicted molar refractivity (Wildman–Crippen MR) is 66.3 cm³/mol. The molecule has 0 atom stereocenters. The average molecular weight is 217 g/mol. The summed E-state index contributed by atoms with van der Waals surface area (Å²) in [6, 6.07) is 10.4. The summed E-state index contributed by atoms with van der Waals surface area (Å²) in [5, 5.41) is 1.15. The molecule has 1 nitrogen and oxygen atoms in total. The van der Waals surface area contributed by atoms with E-state index >= 15 is 0 Å². The van der Waals surface area contributed by atoms with E-state index in [0.29, 0.717) is 0 Å². The van der Waals surface area contributed by atoms with Crippen molar-refractivity contribution in [1.82, 2.24) is 4.98 Å². The van der Waals surface area contributed by atoms with Crippen molar-refractivity contribution < 1.29 is 0 Å². The summed E-state index contributed by atoms with van der Waals surface area (Å²) in [6.45, 7) is 4.31. The van der Waals surface area contributed by atoms with E-state index in [1.807, 2.05) is 17.4 Å². The largest absolute Gasteiger partial charge is 0.241 e. The third-order valence-corrected chi connectivity index (χ3v) is 3.66. The maximum absolute atomic E-state index is 4.62. The van der Waals surface area contributed by atoms with E-state index in [4.69, 9.17) is 0 Å². The minimum atomic E-state index is 1.15. The lowest BCUT2D eigenvalue weighted by Crippen LogP contribution is -1.81. The molecule has 0 saturated carbocycles. The summed E-state index contributed by atoms with van der Waals surface area (Å²) >= 11 is 1.83. The predicted octanol–water partition coefficient (Wildman–Crippen LogP) is 4.07. The molecule has 0 aliphatic heterocycles. The highest BCUT2D eigenvalue weighted by atomic mass is 32.1. The van der Waals surface area contributed by atoms with Crippen LogP contribution in [0.15, 0.2) is 30.3 Å². The molecule has 0 fully saturated rings. The van der Waals surface area contributed by atoms with E-state index in [1.54, 1.807) is 0 Å². The second kappa shape index (κ2) is 4.58. The van der Waals surface area contributed by atoms with Gasteiger partial charge in [0, 0.05) is 10.4 Å². The number of benzene rings is 1. The van der Waals surface area contributed by atoms with Crippen LogP contribution < -0.4 is 0 Å². The Morgan fingerprint density at radius 2 is 1.93 bits per heavy atom. The third-order valence-electron chi connectivity index (χ3n) is 2.39. The topological polar surface area (TPSA) is 12.9 Å². The standard InChI is InChI=1S/C13H15NS/c1-3-7-12-10(2)14-13(15-12)11-8-5-4-6-9-11/h4-6,8-9H,3,7H2,1-2H3. The quantitative estimate of drug-likeness (QED) is 0.755. The molecule has 0 radical (unpaired) electrons. The molecule has 0 saturated heterocycles. The Kier molecular flexibility index (Phi) is 3.17. The fourth-order valence-electron chi connectivity index (χ4n) is 1.59. The number of aromatic nitrogens is 1. The molecule has 0 aliphatic rings. The molecule has 1 heterocycles. The van der Waals surface area contributed by atoms with Gasteiger partial charge in [0.2, 0.25) is 0 Å². The van der Waals surface area contributed by atoms with Crippen molar-refractivity contribution in [3.8, 4) is 10.6 Å². The van der Waals surface area contributed by atoms with Crippen LogP contribution in [0.4, 0.5) is 0 Å². The van der Waals surface area contributed by atoms with E-state index < -0.39 is 0 Å². The highest BCUT2D eigenvalue weighted by Crippen LogP contribution is 2.28. The number of thiazole rings is 1. The Hall–Kier alpha value is -1.15. The molecule has 0 N–H and O–H groups in total. The molecule has 1 aromatic heterocycles. The lowest BCUT2D eigenvalue weighted by atomic mass is 10.2. The van der Waals surface area contributed by atoms with Crippen LogP contribution in [0, 0.1) is 6.92 Å². The van der Waals surface area contributed by atoms with E-state index in [1.165, 1.54) is 22.6 Å². The molecule has 2 aromatic rings. The van der Waals surface area contributed by atoms with Gasteiger partial charge in [-0.05, 0) is 13.3 Å². The highest BCUT2D eigenvalue weighted by molar-refractivity contribution is 7.15. The van der Waals surface area contributed by atoms with Gasteiger partial charge in [-0.3, -0.25) is 0 Å². The van der Waals surface area contributed by atoms with Crippen LogP contribution in [0.1, 0.15) is 23.9 Å². The van der Waals surface area contributed by atoms with Crippen LogP contribution in [0.3, 0.4) is 0 Å². The fraction of sp³-hybridized carbons (Fsp3) is 0.308. The van der Waals surface area contributed by atoms with E-state index in [9.17, 15) is 0 Å². The number of hydrogen-bond acceptors (Lipinski definition) is 2. The summed E-state index contributed by atoms with van der Waals surface area (Å²) in [5.74, 6) is 0. The first-order valence-electron chi connectivity index (χ1n) is 5.33. The van der Waals surface area contributed by atoms with Crippen LogP contribution in [-0.4, -0.2) is 4.98 Å². The van der Waals surface area contributed by atoms with Crippen LogP contribution in [0.25, 0.3) is 10.6 Å². The lowest BCUT2D eigenvalue weighted by molar-refractivity contribution is 0.925. The van der Waals surface area contributed by atoms with Crippen molar-refractivity contribution in [2.75, 3.05) is 0 Å². The summed E-state index contributed by atoms with van der Waals surface area (Å²) in [7, 11) is 0. The second-order valence-electron chi connectivity index (χ2n) is 3.64. The Labute approximate surface area is 94.8 Å². The molecule has 0 aliphatic carbocycles. The summed E-state index contributed by atoms with van der Waals surface area (Å²) in [5.41, 5.74) is 2.42. The summed E-state index contributed by atoms with van der Waals surface area (Å²) < 4.78 is 0. The van der Waals surface area contributed by atoms with Gasteiger partial charge < -0.3 is 0 Å². The monoisotopic (exact) mass is 217 g/mol. The number of aryl methyl sites for hydroxylation is 2. The van der Waals surface area contributed by atoms with Crippen molar-refractivity contribution in [1.29, 1.82) is 0 Å². The normalized spacial score (nSPS) is 10.5. The lowest BCUT2D eigenvalue weighted by Gasteiger charge is -1.93. The maximum atomic E-state index is 4.62. The molecule has 78 valence electrons. The Morgan fingerprint density at radius 1 is 1.20 bits per heavy atom. The number of nitrogens with zero attached hydrogens (tertiary/aromatic N) is 1. The first kappa shape index (κ1) is 10.4. The Balaban J connectivity index is 2.34. The van der Waals surface area contributed by atoms with Crippen molar-refractivity contribution >= 4 is 11.3 Å². The zero-order chi connectivity index (χ0) is 10.7. The Bertz CT molecular complexity index is 431. The van der Waals surface area contributed by atoms with Crippen LogP contribution >= 0.6 is 11.3 Å². The van der Waals surface area contributed by atoms with Gasteiger partial charge in [0.15, 0.2) is 0 Å². The number of hydrogen-bond donors (Lipinski definition) is 0. The van der Waals surface area contributed by atoms with Gasteiger partial charge in [0.25, 0.3) is 0 Å². The minimum absolute atomic E-state index is 1.15. The smallest absolute Gasteiger partial charge is 0.123 e. The van der Waals surface area contributed by atoms with Crippen molar-refractivity contribution in [2.45, 2.75) is 26.7 Å². The first-order valence-corrected chi connectivity index (χ1v) is 6.14.